The van der Waals surface area contributed by atoms with Crippen LogP contribution in [-0.2, 0) is 12.8 Å². The zero-order valence-corrected chi connectivity index (χ0v) is 19.0. The summed E-state index contributed by atoms with van der Waals surface area (Å²) in [4.78, 5) is 19.5. The van der Waals surface area contributed by atoms with Gasteiger partial charge in [0.1, 0.15) is 5.75 Å². The molecule has 0 aliphatic carbocycles. The molecule has 0 saturated heterocycles. The van der Waals surface area contributed by atoms with E-state index >= 15 is 0 Å². The third-order valence-electron chi connectivity index (χ3n) is 5.32. The Hall–Kier alpha value is -3.64. The van der Waals surface area contributed by atoms with Crippen LogP contribution >= 0.6 is 11.6 Å². The van der Waals surface area contributed by atoms with Crippen molar-refractivity contribution in [1.82, 2.24) is 15.0 Å². The number of rotatable bonds is 9. The first-order valence-electron chi connectivity index (χ1n) is 10.7. The van der Waals surface area contributed by atoms with Crippen molar-refractivity contribution in [1.29, 1.82) is 0 Å². The molecule has 6 nitrogen and oxygen atoms in total. The molecule has 0 saturated carbocycles. The predicted octanol–water partition coefficient (Wildman–Crippen LogP) is 5.33. The summed E-state index contributed by atoms with van der Waals surface area (Å²) in [5.41, 5.74) is 2.48. The Morgan fingerprint density at radius 2 is 1.64 bits per heavy atom. The lowest BCUT2D eigenvalue weighted by Gasteiger charge is -2.23. The number of hydrogen-bond donors (Lipinski definition) is 0. The third-order valence-corrected chi connectivity index (χ3v) is 5.65. The predicted molar refractivity (Wildman–Crippen MR) is 127 cm³/mol. The number of carbonyl (C=O) groups is 1. The second-order valence-corrected chi connectivity index (χ2v) is 7.91. The fourth-order valence-corrected chi connectivity index (χ4v) is 3.69. The quantitative estimate of drug-likeness (QED) is 0.337. The zero-order valence-electron chi connectivity index (χ0n) is 18.3. The van der Waals surface area contributed by atoms with E-state index in [9.17, 15) is 4.79 Å². The molecule has 0 spiro atoms. The number of methoxy groups -OCH3 is 1. The first-order chi connectivity index (χ1) is 16.1. The minimum absolute atomic E-state index is 0.119. The largest absolute Gasteiger partial charge is 0.497 e. The van der Waals surface area contributed by atoms with Crippen LogP contribution in [0.15, 0.2) is 83.4 Å². The van der Waals surface area contributed by atoms with Crippen LogP contribution in [0.1, 0.15) is 21.8 Å². The van der Waals surface area contributed by atoms with E-state index in [0.29, 0.717) is 41.8 Å². The van der Waals surface area contributed by atoms with E-state index in [-0.39, 0.29) is 5.91 Å². The van der Waals surface area contributed by atoms with Gasteiger partial charge in [0.2, 0.25) is 11.7 Å². The molecule has 3 aromatic carbocycles. The maximum Gasteiger partial charge on any atom is 0.255 e. The summed E-state index contributed by atoms with van der Waals surface area (Å²) >= 11 is 6.29. The molecule has 0 fully saturated rings. The van der Waals surface area contributed by atoms with E-state index in [2.05, 4.69) is 22.3 Å². The third kappa shape index (κ3) is 5.79. The molecule has 4 rings (SSSR count). The second kappa shape index (κ2) is 10.8. The Bertz CT molecular complexity index is 1190. The minimum Gasteiger partial charge on any atom is -0.497 e. The SMILES string of the molecule is COc1ccc(-c2noc(CCN(CCc3ccccc3)C(=O)c3ccccc3Cl)n2)cc1. The second-order valence-electron chi connectivity index (χ2n) is 7.50. The van der Waals surface area contributed by atoms with E-state index in [1.807, 2.05) is 54.6 Å². The fourth-order valence-electron chi connectivity index (χ4n) is 3.47. The van der Waals surface area contributed by atoms with Gasteiger partial charge in [-0.25, -0.2) is 0 Å². The number of ether oxygens (including phenoxy) is 1. The summed E-state index contributed by atoms with van der Waals surface area (Å²) in [6, 6.07) is 24.6. The Kier molecular flexibility index (Phi) is 7.37. The molecule has 33 heavy (non-hydrogen) atoms. The van der Waals surface area contributed by atoms with Crippen LogP contribution in [0, 0.1) is 0 Å². The average molecular weight is 462 g/mol. The summed E-state index contributed by atoms with van der Waals surface area (Å²) in [6.45, 7) is 0.981. The van der Waals surface area contributed by atoms with Crippen LogP contribution in [0.5, 0.6) is 5.75 Å². The Balaban J connectivity index is 1.47. The van der Waals surface area contributed by atoms with Crippen LogP contribution in [-0.4, -0.2) is 41.1 Å². The molecule has 0 bridgehead atoms. The lowest BCUT2D eigenvalue weighted by atomic mass is 10.1. The molecule has 0 unspecified atom stereocenters. The number of nitrogens with zero attached hydrogens (tertiary/aromatic N) is 3. The molecular weight excluding hydrogens is 438 g/mol. The Labute approximate surface area is 197 Å². The van der Waals surface area contributed by atoms with E-state index in [0.717, 1.165) is 23.3 Å². The normalized spacial score (nSPS) is 10.7. The van der Waals surface area contributed by atoms with Crippen molar-refractivity contribution in [3.8, 4) is 17.1 Å². The highest BCUT2D eigenvalue weighted by atomic mass is 35.5. The fraction of sp³-hybridized carbons (Fsp3) is 0.192. The topological polar surface area (TPSA) is 68.5 Å². The van der Waals surface area contributed by atoms with Crippen molar-refractivity contribution in [3.63, 3.8) is 0 Å². The first-order valence-corrected chi connectivity index (χ1v) is 11.1. The Morgan fingerprint density at radius 1 is 0.939 bits per heavy atom. The van der Waals surface area contributed by atoms with Gasteiger partial charge < -0.3 is 14.2 Å². The molecular formula is C26H24ClN3O3. The highest BCUT2D eigenvalue weighted by Crippen LogP contribution is 2.21. The maximum atomic E-state index is 13.3. The van der Waals surface area contributed by atoms with Crippen molar-refractivity contribution >= 4 is 17.5 Å². The highest BCUT2D eigenvalue weighted by molar-refractivity contribution is 6.33. The van der Waals surface area contributed by atoms with E-state index in [1.54, 1.807) is 24.1 Å². The van der Waals surface area contributed by atoms with Crippen LogP contribution in [0.4, 0.5) is 0 Å². The molecule has 0 aliphatic heterocycles. The summed E-state index contributed by atoms with van der Waals surface area (Å²) in [5.74, 6) is 1.61. The lowest BCUT2D eigenvalue weighted by molar-refractivity contribution is 0.0756. The van der Waals surface area contributed by atoms with Gasteiger partial charge in [0.05, 0.1) is 17.7 Å². The molecule has 1 amide bonds. The van der Waals surface area contributed by atoms with Crippen molar-refractivity contribution in [3.05, 3.63) is 101 Å². The maximum absolute atomic E-state index is 13.3. The summed E-state index contributed by atoms with van der Waals surface area (Å²) in [5, 5.41) is 4.52. The Morgan fingerprint density at radius 3 is 2.36 bits per heavy atom. The highest BCUT2D eigenvalue weighted by Gasteiger charge is 2.19. The van der Waals surface area contributed by atoms with E-state index in [4.69, 9.17) is 20.9 Å². The number of halogens is 1. The van der Waals surface area contributed by atoms with Gasteiger partial charge in [-0.3, -0.25) is 4.79 Å². The van der Waals surface area contributed by atoms with Crippen LogP contribution < -0.4 is 4.74 Å². The minimum atomic E-state index is -0.119. The van der Waals surface area contributed by atoms with Gasteiger partial charge in [0.15, 0.2) is 0 Å². The average Bonchev–Trinajstić information content (AvgIpc) is 3.34. The molecule has 7 heteroatoms. The van der Waals surface area contributed by atoms with Crippen molar-refractivity contribution < 1.29 is 14.1 Å². The summed E-state index contributed by atoms with van der Waals surface area (Å²) in [7, 11) is 1.62. The lowest BCUT2D eigenvalue weighted by Crippen LogP contribution is -2.35. The van der Waals surface area contributed by atoms with Gasteiger partial charge >= 0.3 is 0 Å². The number of carbonyl (C=O) groups excluding carboxylic acids is 1. The molecule has 0 N–H and O–H groups in total. The number of amides is 1. The summed E-state index contributed by atoms with van der Waals surface area (Å²) in [6.07, 6.45) is 1.17. The number of hydrogen-bond acceptors (Lipinski definition) is 5. The molecule has 0 radical (unpaired) electrons. The van der Waals surface area contributed by atoms with Gasteiger partial charge in [-0.05, 0) is 48.4 Å². The molecule has 0 atom stereocenters. The standard InChI is InChI=1S/C26H24ClN3O3/c1-32-21-13-11-20(12-14-21)25-28-24(33-29-25)16-18-30(17-15-19-7-3-2-4-8-19)26(31)22-9-5-6-10-23(22)27/h2-14H,15-18H2,1H3. The summed E-state index contributed by atoms with van der Waals surface area (Å²) < 4.78 is 10.6. The zero-order chi connectivity index (χ0) is 23.0. The van der Waals surface area contributed by atoms with Crippen molar-refractivity contribution in [2.45, 2.75) is 12.8 Å². The van der Waals surface area contributed by atoms with E-state index < -0.39 is 0 Å². The monoisotopic (exact) mass is 461 g/mol. The van der Waals surface area contributed by atoms with Crippen molar-refractivity contribution in [2.24, 2.45) is 0 Å². The smallest absolute Gasteiger partial charge is 0.255 e. The first kappa shape index (κ1) is 22.6. The van der Waals surface area contributed by atoms with E-state index in [1.165, 1.54) is 0 Å². The van der Waals surface area contributed by atoms with Gasteiger partial charge in [-0.15, -0.1) is 0 Å². The molecule has 0 aliphatic rings. The number of aromatic nitrogens is 2. The van der Waals surface area contributed by atoms with Crippen LogP contribution in [0.2, 0.25) is 5.02 Å². The molecule has 1 heterocycles. The van der Waals surface area contributed by atoms with Crippen LogP contribution in [0.3, 0.4) is 0 Å². The number of benzene rings is 3. The van der Waals surface area contributed by atoms with Crippen LogP contribution in [0.25, 0.3) is 11.4 Å². The molecule has 1 aromatic heterocycles. The van der Waals surface area contributed by atoms with Gasteiger partial charge in [-0.2, -0.15) is 4.98 Å². The van der Waals surface area contributed by atoms with Gasteiger partial charge in [-0.1, -0.05) is 59.2 Å². The van der Waals surface area contributed by atoms with Gasteiger partial charge in [0, 0.05) is 25.1 Å². The van der Waals surface area contributed by atoms with Crippen molar-refractivity contribution in [2.75, 3.05) is 20.2 Å². The molecule has 4 aromatic rings. The molecule has 168 valence electrons. The van der Waals surface area contributed by atoms with Gasteiger partial charge in [0.25, 0.3) is 5.91 Å².